The van der Waals surface area contributed by atoms with Gasteiger partial charge in [-0.25, -0.2) is 4.98 Å². The molecule has 3 nitrogen and oxygen atoms in total. The van der Waals surface area contributed by atoms with E-state index in [4.69, 9.17) is 0 Å². The molecule has 0 N–H and O–H groups in total. The van der Waals surface area contributed by atoms with Crippen LogP contribution in [0.1, 0.15) is 37.9 Å². The van der Waals surface area contributed by atoms with Crippen molar-refractivity contribution in [2.75, 3.05) is 0 Å². The molecule has 2 aromatic heterocycles. The molecule has 0 saturated heterocycles. The molecule has 82 valence electrons. The number of nitrogens with zero attached hydrogens (tertiary/aromatic N) is 3. The Hall–Kier alpha value is -1.38. The molecular weight excluding hydrogens is 186 g/mol. The molecule has 0 atom stereocenters. The lowest BCUT2D eigenvalue weighted by Crippen LogP contribution is -1.97. The average Bonchev–Trinajstić information content (AvgIpc) is 2.60. The van der Waals surface area contributed by atoms with Crippen LogP contribution in [0.4, 0.5) is 0 Å². The molecule has 15 heavy (non-hydrogen) atoms. The van der Waals surface area contributed by atoms with Gasteiger partial charge in [-0.2, -0.15) is 0 Å². The largest absolute Gasteiger partial charge is 0.303 e. The van der Waals surface area contributed by atoms with Crippen molar-refractivity contribution < 1.29 is 0 Å². The number of hydrogen-bond acceptors (Lipinski definition) is 2. The zero-order valence-electron chi connectivity index (χ0n) is 10.2. The van der Waals surface area contributed by atoms with Gasteiger partial charge in [0.15, 0.2) is 5.65 Å². The fourth-order valence-electron chi connectivity index (χ4n) is 1.56. The van der Waals surface area contributed by atoms with E-state index in [9.17, 15) is 0 Å². The van der Waals surface area contributed by atoms with Crippen LogP contribution in [-0.4, -0.2) is 14.4 Å². The second kappa shape index (κ2) is 4.91. The summed E-state index contributed by atoms with van der Waals surface area (Å²) in [6.07, 6.45) is 4.97. The molecule has 0 spiro atoms. The van der Waals surface area contributed by atoms with Crippen molar-refractivity contribution in [1.29, 1.82) is 0 Å². The van der Waals surface area contributed by atoms with Crippen LogP contribution in [0.2, 0.25) is 0 Å². The van der Waals surface area contributed by atoms with Crippen molar-refractivity contribution in [3.05, 3.63) is 29.5 Å². The van der Waals surface area contributed by atoms with Crippen LogP contribution in [0.25, 0.3) is 5.65 Å². The van der Waals surface area contributed by atoms with Gasteiger partial charge in [-0.15, -0.1) is 0 Å². The fourth-order valence-corrected chi connectivity index (χ4v) is 1.56. The third kappa shape index (κ3) is 2.35. The number of fused-ring (bicyclic) bond motifs is 1. The minimum absolute atomic E-state index is 0.932. The van der Waals surface area contributed by atoms with Gasteiger partial charge in [0.05, 0.1) is 17.1 Å². The number of rotatable bonds is 1. The Morgan fingerprint density at radius 3 is 2.13 bits per heavy atom. The Morgan fingerprint density at radius 2 is 1.60 bits per heavy atom. The first-order valence-corrected chi connectivity index (χ1v) is 5.52. The molecule has 0 saturated carbocycles. The van der Waals surface area contributed by atoms with Gasteiger partial charge < -0.3 is 4.40 Å². The van der Waals surface area contributed by atoms with E-state index in [1.165, 1.54) is 0 Å². The molecule has 2 heterocycles. The maximum Gasteiger partial charge on any atom is 0.158 e. The maximum absolute atomic E-state index is 4.45. The zero-order chi connectivity index (χ0) is 11.4. The minimum atomic E-state index is 0.932. The van der Waals surface area contributed by atoms with Crippen LogP contribution in [0.15, 0.2) is 12.4 Å². The lowest BCUT2D eigenvalue weighted by Gasteiger charge is -2.00. The Kier molecular flexibility index (Phi) is 3.83. The lowest BCUT2D eigenvalue weighted by molar-refractivity contribution is 0.961. The van der Waals surface area contributed by atoms with Crippen LogP contribution in [-0.2, 0) is 6.42 Å². The molecule has 0 radical (unpaired) electrons. The van der Waals surface area contributed by atoms with Gasteiger partial charge >= 0.3 is 0 Å². The Bertz CT molecular complexity index is 443. The highest BCUT2D eigenvalue weighted by Gasteiger charge is 2.04. The molecular formula is C12H19N3. The highest BCUT2D eigenvalue weighted by Crippen LogP contribution is 2.10. The quantitative estimate of drug-likeness (QED) is 0.716. The van der Waals surface area contributed by atoms with E-state index < -0.39 is 0 Å². The summed E-state index contributed by atoms with van der Waals surface area (Å²) >= 11 is 0. The molecule has 0 aliphatic rings. The summed E-state index contributed by atoms with van der Waals surface area (Å²) in [5.74, 6) is 0. The second-order valence-electron chi connectivity index (χ2n) is 3.30. The van der Waals surface area contributed by atoms with Crippen LogP contribution in [0, 0.1) is 13.8 Å². The SMILES string of the molecule is CC.CCc1nc(C)cn2cc(C)nc12. The first-order chi connectivity index (χ1) is 7.20. The van der Waals surface area contributed by atoms with Crippen LogP contribution >= 0.6 is 0 Å². The smallest absolute Gasteiger partial charge is 0.158 e. The second-order valence-corrected chi connectivity index (χ2v) is 3.30. The molecule has 0 fully saturated rings. The van der Waals surface area contributed by atoms with E-state index in [1.807, 2.05) is 40.1 Å². The topological polar surface area (TPSA) is 30.2 Å². The molecule has 0 bridgehead atoms. The zero-order valence-corrected chi connectivity index (χ0v) is 10.2. The van der Waals surface area contributed by atoms with Gasteiger partial charge in [0.2, 0.25) is 0 Å². The summed E-state index contributed by atoms with van der Waals surface area (Å²) in [6.45, 7) is 10.1. The van der Waals surface area contributed by atoms with Crippen LogP contribution < -0.4 is 0 Å². The van der Waals surface area contributed by atoms with Gasteiger partial charge in [0.25, 0.3) is 0 Å². The Balaban J connectivity index is 0.000000531. The van der Waals surface area contributed by atoms with Gasteiger partial charge in [-0.1, -0.05) is 20.8 Å². The predicted octanol–water partition coefficient (Wildman–Crippen LogP) is 2.93. The lowest BCUT2D eigenvalue weighted by atomic mass is 10.3. The van der Waals surface area contributed by atoms with E-state index in [2.05, 4.69) is 21.3 Å². The van der Waals surface area contributed by atoms with Gasteiger partial charge in [-0.3, -0.25) is 4.98 Å². The first kappa shape index (κ1) is 11.7. The summed E-state index contributed by atoms with van der Waals surface area (Å²) in [5.41, 5.74) is 4.16. The third-order valence-electron chi connectivity index (χ3n) is 2.08. The summed E-state index contributed by atoms with van der Waals surface area (Å²) in [7, 11) is 0. The number of aryl methyl sites for hydroxylation is 3. The average molecular weight is 205 g/mol. The molecule has 0 aromatic carbocycles. The van der Waals surface area contributed by atoms with E-state index in [1.54, 1.807) is 0 Å². The molecule has 0 unspecified atom stereocenters. The highest BCUT2D eigenvalue weighted by atomic mass is 15.0. The Morgan fingerprint density at radius 1 is 1.07 bits per heavy atom. The maximum atomic E-state index is 4.45. The van der Waals surface area contributed by atoms with Crippen molar-refractivity contribution in [1.82, 2.24) is 14.4 Å². The van der Waals surface area contributed by atoms with Gasteiger partial charge in [0, 0.05) is 12.4 Å². The monoisotopic (exact) mass is 205 g/mol. The predicted molar refractivity (Wildman–Crippen MR) is 63.2 cm³/mol. The summed E-state index contributed by atoms with van der Waals surface area (Å²) < 4.78 is 2.05. The van der Waals surface area contributed by atoms with Gasteiger partial charge in [-0.05, 0) is 20.3 Å². The molecule has 0 amide bonds. The van der Waals surface area contributed by atoms with Crippen LogP contribution in [0.5, 0.6) is 0 Å². The van der Waals surface area contributed by atoms with Crippen molar-refractivity contribution in [2.45, 2.75) is 41.0 Å². The summed E-state index contributed by atoms with van der Waals surface area (Å²) in [5, 5.41) is 0. The van der Waals surface area contributed by atoms with Crippen molar-refractivity contribution >= 4 is 5.65 Å². The van der Waals surface area contributed by atoms with Crippen molar-refractivity contribution in [3.63, 3.8) is 0 Å². The van der Waals surface area contributed by atoms with Crippen LogP contribution in [0.3, 0.4) is 0 Å². The molecule has 2 aromatic rings. The number of aromatic nitrogens is 3. The molecule has 2 rings (SSSR count). The van der Waals surface area contributed by atoms with Crippen molar-refractivity contribution in [2.24, 2.45) is 0 Å². The molecule has 0 aliphatic carbocycles. The summed E-state index contributed by atoms with van der Waals surface area (Å²) in [6, 6.07) is 0. The fraction of sp³-hybridized carbons (Fsp3) is 0.500. The van der Waals surface area contributed by atoms with Crippen molar-refractivity contribution in [3.8, 4) is 0 Å². The molecule has 3 heteroatoms. The third-order valence-corrected chi connectivity index (χ3v) is 2.08. The normalized spacial score (nSPS) is 9.93. The van der Waals surface area contributed by atoms with Gasteiger partial charge in [0.1, 0.15) is 0 Å². The number of imidazole rings is 1. The first-order valence-electron chi connectivity index (χ1n) is 5.52. The minimum Gasteiger partial charge on any atom is -0.303 e. The Labute approximate surface area is 91.2 Å². The summed E-state index contributed by atoms with van der Waals surface area (Å²) in [4.78, 5) is 8.88. The van der Waals surface area contributed by atoms with E-state index >= 15 is 0 Å². The van der Waals surface area contributed by atoms with E-state index in [0.29, 0.717) is 0 Å². The van der Waals surface area contributed by atoms with E-state index in [-0.39, 0.29) is 0 Å². The van der Waals surface area contributed by atoms with E-state index in [0.717, 1.165) is 29.1 Å². The molecule has 0 aliphatic heterocycles. The standard InChI is InChI=1S/C10H13N3.C2H6/c1-4-9-10-12-8(3)6-13(10)5-7(2)11-9;1-2/h5-6H,4H2,1-3H3;1-2H3. The number of hydrogen-bond donors (Lipinski definition) is 0. The highest BCUT2D eigenvalue weighted by molar-refractivity contribution is 5.45.